The van der Waals surface area contributed by atoms with Crippen molar-refractivity contribution in [1.29, 1.82) is 5.26 Å². The van der Waals surface area contributed by atoms with Gasteiger partial charge in [-0.05, 0) is 6.07 Å². The Bertz CT molecular complexity index is 703. The Balaban J connectivity index is 3.59. The molecule has 0 bridgehead atoms. The van der Waals surface area contributed by atoms with Gasteiger partial charge in [-0.2, -0.15) is 18.4 Å². The second-order valence-corrected chi connectivity index (χ2v) is 5.65. The number of benzene rings is 1. The normalized spacial score (nSPS) is 11.1. The first kappa shape index (κ1) is 19.5. The maximum Gasteiger partial charge on any atom is 0.417 e. The number of nitrogens with zero attached hydrogens (tertiary/aromatic N) is 3. The minimum Gasteiger partial charge on any atom is -0.398 e. The molecule has 0 spiro atoms. The summed E-state index contributed by atoms with van der Waals surface area (Å²) in [5, 5.41) is 29.9. The number of hydrogen-bond donors (Lipinski definition) is 1. The zero-order valence-electron chi connectivity index (χ0n) is 12.0. The van der Waals surface area contributed by atoms with Gasteiger partial charge in [-0.3, -0.25) is 20.2 Å². The summed E-state index contributed by atoms with van der Waals surface area (Å²) >= 11 is 0.612. The molecule has 130 valence electrons. The molecule has 0 heterocycles. The van der Waals surface area contributed by atoms with Crippen LogP contribution >= 0.6 is 11.8 Å². The van der Waals surface area contributed by atoms with Crippen LogP contribution in [0.25, 0.3) is 0 Å². The van der Waals surface area contributed by atoms with Crippen LogP contribution in [0.15, 0.2) is 11.0 Å². The molecule has 0 aliphatic rings. The standard InChI is InChI=1S/C12H11F3N4O4S/c13-12(14,15)9-4-7(5-18(20)21)10(17)8(6-19(22)23)11(9)24-3-1-2-16/h4H,1,3,5-6,17H2. The Morgan fingerprint density at radius 3 is 2.29 bits per heavy atom. The van der Waals surface area contributed by atoms with Crippen LogP contribution in [0.2, 0.25) is 0 Å². The van der Waals surface area contributed by atoms with Gasteiger partial charge in [0.15, 0.2) is 0 Å². The first-order chi connectivity index (χ1) is 11.1. The molecule has 1 aromatic rings. The molecule has 0 amide bonds. The molecule has 0 aromatic heterocycles. The van der Waals surface area contributed by atoms with Crippen LogP contribution < -0.4 is 5.73 Å². The summed E-state index contributed by atoms with van der Waals surface area (Å²) in [7, 11) is 0. The molecule has 24 heavy (non-hydrogen) atoms. The van der Waals surface area contributed by atoms with Crippen molar-refractivity contribution in [3.63, 3.8) is 0 Å². The quantitative estimate of drug-likeness (QED) is 0.258. The van der Waals surface area contributed by atoms with Crippen molar-refractivity contribution in [3.05, 3.63) is 43.0 Å². The summed E-state index contributed by atoms with van der Waals surface area (Å²) in [6, 6.07) is 2.29. The van der Waals surface area contributed by atoms with E-state index in [0.29, 0.717) is 17.8 Å². The van der Waals surface area contributed by atoms with Crippen LogP contribution in [0.4, 0.5) is 18.9 Å². The molecule has 0 fully saturated rings. The minimum atomic E-state index is -4.88. The van der Waals surface area contributed by atoms with Crippen LogP contribution in [0.3, 0.4) is 0 Å². The second-order valence-electron chi connectivity index (χ2n) is 4.54. The monoisotopic (exact) mass is 364 g/mol. The molecular formula is C12H11F3N4O4S. The number of halogens is 3. The molecule has 1 aromatic carbocycles. The molecule has 0 radical (unpaired) electrons. The van der Waals surface area contributed by atoms with E-state index >= 15 is 0 Å². The number of nitriles is 1. The smallest absolute Gasteiger partial charge is 0.398 e. The fourth-order valence-corrected chi connectivity index (χ4v) is 3.00. The average molecular weight is 364 g/mol. The third kappa shape index (κ3) is 4.98. The summed E-state index contributed by atoms with van der Waals surface area (Å²) in [5.74, 6) is -0.0294. The number of alkyl halides is 3. The predicted molar refractivity (Wildman–Crippen MR) is 78.2 cm³/mol. The van der Waals surface area contributed by atoms with Gasteiger partial charge in [0.25, 0.3) is 0 Å². The maximum absolute atomic E-state index is 13.3. The van der Waals surface area contributed by atoms with Crippen LogP contribution in [-0.2, 0) is 19.3 Å². The fraction of sp³-hybridized carbons (Fsp3) is 0.417. The van der Waals surface area contributed by atoms with E-state index in [9.17, 15) is 33.4 Å². The largest absolute Gasteiger partial charge is 0.417 e. The molecule has 0 saturated carbocycles. The fourth-order valence-electron chi connectivity index (χ4n) is 1.93. The second kappa shape index (κ2) is 7.82. The van der Waals surface area contributed by atoms with Gasteiger partial charge >= 0.3 is 6.18 Å². The Labute approximate surface area is 137 Å². The van der Waals surface area contributed by atoms with Crippen molar-refractivity contribution in [2.75, 3.05) is 11.5 Å². The molecular weight excluding hydrogens is 353 g/mol. The molecule has 12 heteroatoms. The molecule has 0 aliphatic carbocycles. The van der Waals surface area contributed by atoms with Crippen molar-refractivity contribution in [1.82, 2.24) is 0 Å². The van der Waals surface area contributed by atoms with Crippen molar-refractivity contribution < 1.29 is 23.0 Å². The van der Waals surface area contributed by atoms with Gasteiger partial charge in [0, 0.05) is 32.5 Å². The third-order valence-electron chi connectivity index (χ3n) is 2.86. The SMILES string of the molecule is N#CCCSc1c(C(F)(F)F)cc(C[N+](=O)[O-])c(N)c1C[N+](=O)[O-]. The summed E-state index contributed by atoms with van der Waals surface area (Å²) in [6.45, 7) is -1.99. The van der Waals surface area contributed by atoms with Gasteiger partial charge in [0.2, 0.25) is 13.1 Å². The molecule has 0 saturated heterocycles. The highest BCUT2D eigenvalue weighted by molar-refractivity contribution is 7.99. The lowest BCUT2D eigenvalue weighted by molar-refractivity contribution is -0.498. The molecule has 2 N–H and O–H groups in total. The lowest BCUT2D eigenvalue weighted by Crippen LogP contribution is -2.16. The lowest BCUT2D eigenvalue weighted by atomic mass is 10.0. The molecule has 0 atom stereocenters. The molecule has 0 aliphatic heterocycles. The van der Waals surface area contributed by atoms with Gasteiger partial charge in [-0.25, -0.2) is 0 Å². The first-order valence-electron chi connectivity index (χ1n) is 6.32. The number of nitrogens with two attached hydrogens (primary N) is 1. The Hall–Kier alpha value is -2.55. The highest BCUT2D eigenvalue weighted by Gasteiger charge is 2.37. The number of rotatable bonds is 7. The summed E-state index contributed by atoms with van der Waals surface area (Å²) < 4.78 is 39.8. The number of nitrogen functional groups attached to an aromatic ring is 1. The van der Waals surface area contributed by atoms with Gasteiger partial charge in [-0.15, -0.1) is 11.8 Å². The van der Waals surface area contributed by atoms with E-state index in [1.54, 1.807) is 6.07 Å². The van der Waals surface area contributed by atoms with Crippen molar-refractivity contribution in [3.8, 4) is 6.07 Å². The number of nitro groups is 2. The van der Waals surface area contributed by atoms with E-state index in [1.165, 1.54) is 0 Å². The van der Waals surface area contributed by atoms with E-state index in [2.05, 4.69) is 0 Å². The zero-order chi connectivity index (χ0) is 18.5. The summed E-state index contributed by atoms with van der Waals surface area (Å²) in [4.78, 5) is 19.2. The minimum absolute atomic E-state index is 0.0294. The zero-order valence-corrected chi connectivity index (χ0v) is 12.8. The van der Waals surface area contributed by atoms with Crippen molar-refractivity contribution in [2.45, 2.75) is 30.6 Å². The van der Waals surface area contributed by atoms with Crippen LogP contribution in [0.5, 0.6) is 0 Å². The highest BCUT2D eigenvalue weighted by atomic mass is 32.2. The van der Waals surface area contributed by atoms with Crippen LogP contribution in [0.1, 0.15) is 23.1 Å². The molecule has 0 unspecified atom stereocenters. The van der Waals surface area contributed by atoms with Gasteiger partial charge in [0.05, 0.1) is 22.9 Å². The van der Waals surface area contributed by atoms with Crippen molar-refractivity contribution in [2.24, 2.45) is 0 Å². The van der Waals surface area contributed by atoms with E-state index in [1.807, 2.05) is 0 Å². The van der Waals surface area contributed by atoms with E-state index in [0.717, 1.165) is 0 Å². The lowest BCUT2D eigenvalue weighted by Gasteiger charge is -2.18. The van der Waals surface area contributed by atoms with Gasteiger partial charge < -0.3 is 5.73 Å². The Morgan fingerprint density at radius 1 is 1.25 bits per heavy atom. The highest BCUT2D eigenvalue weighted by Crippen LogP contribution is 2.42. The van der Waals surface area contributed by atoms with Crippen molar-refractivity contribution >= 4 is 17.4 Å². The maximum atomic E-state index is 13.3. The third-order valence-corrected chi connectivity index (χ3v) is 4.02. The van der Waals surface area contributed by atoms with E-state index in [-0.39, 0.29) is 12.2 Å². The topological polar surface area (TPSA) is 136 Å². The first-order valence-corrected chi connectivity index (χ1v) is 7.31. The number of anilines is 1. The van der Waals surface area contributed by atoms with Gasteiger partial charge in [-0.1, -0.05) is 0 Å². The molecule has 8 nitrogen and oxygen atoms in total. The summed E-state index contributed by atoms with van der Waals surface area (Å²) in [5.41, 5.74) is 3.15. The van der Waals surface area contributed by atoms with Crippen LogP contribution in [0, 0.1) is 31.6 Å². The average Bonchev–Trinajstić information content (AvgIpc) is 2.43. The van der Waals surface area contributed by atoms with E-state index < -0.39 is 56.4 Å². The molecule has 1 rings (SSSR count). The Kier molecular flexibility index (Phi) is 6.35. The number of thioether (sulfide) groups is 1. The number of hydrogen-bond acceptors (Lipinski definition) is 7. The Morgan fingerprint density at radius 2 is 1.83 bits per heavy atom. The van der Waals surface area contributed by atoms with E-state index in [4.69, 9.17) is 11.0 Å². The van der Waals surface area contributed by atoms with Crippen LogP contribution in [-0.4, -0.2) is 15.6 Å². The van der Waals surface area contributed by atoms with Gasteiger partial charge in [0.1, 0.15) is 0 Å². The predicted octanol–water partition coefficient (Wildman–Crippen LogP) is 2.85. The summed E-state index contributed by atoms with van der Waals surface area (Å²) in [6.07, 6.45) is -4.95.